The molecule has 114 valence electrons. The van der Waals surface area contributed by atoms with Gasteiger partial charge in [-0.25, -0.2) is 4.98 Å². The number of nitrogens with one attached hydrogen (secondary N) is 1. The van der Waals surface area contributed by atoms with Crippen LogP contribution in [0.3, 0.4) is 0 Å². The molecule has 0 atom stereocenters. The number of hydrogen-bond acceptors (Lipinski definition) is 4. The van der Waals surface area contributed by atoms with Crippen LogP contribution in [0.2, 0.25) is 0 Å². The number of carbonyl (C=O) groups is 2. The smallest absolute Gasteiger partial charge is 0.319 e. The van der Waals surface area contributed by atoms with Gasteiger partial charge in [0.25, 0.3) is 0 Å². The lowest BCUT2D eigenvalue weighted by Gasteiger charge is -2.58. The lowest BCUT2D eigenvalue weighted by molar-refractivity contribution is -0.181. The van der Waals surface area contributed by atoms with Crippen LogP contribution in [0.15, 0.2) is 5.38 Å². The van der Waals surface area contributed by atoms with Crippen LogP contribution in [0.25, 0.3) is 0 Å². The number of hydrogen-bond donors (Lipinski definition) is 2. The summed E-state index contributed by atoms with van der Waals surface area (Å²) >= 11 is 1.50. The number of aliphatic carboxylic acids is 1. The molecular weight excluding hydrogens is 288 g/mol. The molecule has 0 aromatic carbocycles. The lowest BCUT2D eigenvalue weighted by atomic mass is 9.45. The molecule has 6 heteroatoms. The maximum atomic E-state index is 12.4. The molecule has 1 aromatic rings. The second-order valence-corrected chi connectivity index (χ2v) is 7.31. The first-order valence-corrected chi connectivity index (χ1v) is 8.33. The zero-order valence-corrected chi connectivity index (χ0v) is 13.0. The van der Waals surface area contributed by atoms with Crippen LogP contribution in [-0.4, -0.2) is 22.0 Å². The van der Waals surface area contributed by atoms with Crippen LogP contribution in [0.4, 0.5) is 0 Å². The predicted octanol–water partition coefficient (Wildman–Crippen LogP) is 2.36. The van der Waals surface area contributed by atoms with Crippen LogP contribution in [0, 0.1) is 10.8 Å². The van der Waals surface area contributed by atoms with E-state index >= 15 is 0 Å². The normalized spacial score (nSPS) is 21.4. The molecule has 1 heterocycles. The van der Waals surface area contributed by atoms with Crippen molar-refractivity contribution in [2.24, 2.45) is 10.8 Å². The van der Waals surface area contributed by atoms with Crippen LogP contribution in [0.5, 0.6) is 0 Å². The highest BCUT2D eigenvalue weighted by Crippen LogP contribution is 2.64. The third-order valence-corrected chi connectivity index (χ3v) is 5.87. The van der Waals surface area contributed by atoms with Gasteiger partial charge in [0.15, 0.2) is 0 Å². The number of carboxylic acids is 1. The van der Waals surface area contributed by atoms with Crippen molar-refractivity contribution in [3.63, 3.8) is 0 Å². The number of thiazole rings is 1. The molecule has 0 unspecified atom stereocenters. The summed E-state index contributed by atoms with van der Waals surface area (Å²) in [5, 5.41) is 15.1. The minimum absolute atomic E-state index is 0.145. The van der Waals surface area contributed by atoms with Crippen LogP contribution in [-0.2, 0) is 22.6 Å². The SMILES string of the molecule is CCc1csc(CNC(=O)C2(C(=O)O)CC3(CCC3)C2)n1. The molecule has 2 aliphatic carbocycles. The average Bonchev–Trinajstić information content (AvgIpc) is 2.81. The van der Waals surface area contributed by atoms with E-state index < -0.39 is 11.4 Å². The van der Waals surface area contributed by atoms with Crippen LogP contribution < -0.4 is 5.32 Å². The van der Waals surface area contributed by atoms with Gasteiger partial charge < -0.3 is 10.4 Å². The molecule has 1 amide bonds. The van der Waals surface area contributed by atoms with E-state index in [1.165, 1.54) is 11.3 Å². The zero-order valence-electron chi connectivity index (χ0n) is 12.1. The summed E-state index contributed by atoms with van der Waals surface area (Å²) in [5.41, 5.74) is -0.0494. The molecule has 3 rings (SSSR count). The first kappa shape index (κ1) is 14.5. The minimum atomic E-state index is -1.20. The number of nitrogens with zero attached hydrogens (tertiary/aromatic N) is 1. The Labute approximate surface area is 127 Å². The van der Waals surface area contributed by atoms with E-state index in [1.54, 1.807) is 0 Å². The van der Waals surface area contributed by atoms with Gasteiger partial charge in [0.05, 0.1) is 12.2 Å². The molecule has 1 spiro atoms. The van der Waals surface area contributed by atoms with E-state index in [1.807, 2.05) is 12.3 Å². The summed E-state index contributed by atoms with van der Waals surface area (Å²) in [6.07, 6.45) is 5.17. The van der Waals surface area contributed by atoms with Crippen molar-refractivity contribution in [3.8, 4) is 0 Å². The Hall–Kier alpha value is -1.43. The van der Waals surface area contributed by atoms with Gasteiger partial charge in [-0.3, -0.25) is 9.59 Å². The Morgan fingerprint density at radius 1 is 1.43 bits per heavy atom. The number of rotatable bonds is 5. The van der Waals surface area contributed by atoms with E-state index in [0.29, 0.717) is 19.4 Å². The van der Waals surface area contributed by atoms with E-state index in [-0.39, 0.29) is 11.3 Å². The van der Waals surface area contributed by atoms with Gasteiger partial charge in [0, 0.05) is 5.38 Å². The fourth-order valence-corrected chi connectivity index (χ4v) is 4.40. The van der Waals surface area contributed by atoms with E-state index in [2.05, 4.69) is 10.3 Å². The molecule has 0 saturated heterocycles. The van der Waals surface area contributed by atoms with Crippen molar-refractivity contribution >= 4 is 23.2 Å². The second kappa shape index (κ2) is 5.09. The molecule has 5 nitrogen and oxygen atoms in total. The van der Waals surface area contributed by atoms with Gasteiger partial charge in [-0.15, -0.1) is 11.3 Å². The monoisotopic (exact) mass is 308 g/mol. The Morgan fingerprint density at radius 2 is 2.14 bits per heavy atom. The summed E-state index contributed by atoms with van der Waals surface area (Å²) in [4.78, 5) is 28.3. The third-order valence-electron chi connectivity index (χ3n) is 4.97. The van der Waals surface area contributed by atoms with Gasteiger partial charge in [-0.2, -0.15) is 0 Å². The van der Waals surface area contributed by atoms with E-state index in [4.69, 9.17) is 0 Å². The number of carboxylic acid groups (broad SMARTS) is 1. The van der Waals surface area contributed by atoms with Crippen LogP contribution in [0.1, 0.15) is 49.7 Å². The van der Waals surface area contributed by atoms with Gasteiger partial charge in [0.1, 0.15) is 10.4 Å². The largest absolute Gasteiger partial charge is 0.480 e. The summed E-state index contributed by atoms with van der Waals surface area (Å²) in [6, 6.07) is 0. The van der Waals surface area contributed by atoms with Crippen molar-refractivity contribution in [1.82, 2.24) is 10.3 Å². The fourth-order valence-electron chi connectivity index (χ4n) is 3.59. The topological polar surface area (TPSA) is 79.3 Å². The lowest BCUT2D eigenvalue weighted by Crippen LogP contribution is -2.61. The quantitative estimate of drug-likeness (QED) is 0.818. The Balaban J connectivity index is 1.61. The number of aromatic nitrogens is 1. The van der Waals surface area contributed by atoms with Crippen molar-refractivity contribution in [2.45, 2.75) is 52.0 Å². The Morgan fingerprint density at radius 3 is 2.62 bits per heavy atom. The number of amides is 1. The van der Waals surface area contributed by atoms with E-state index in [9.17, 15) is 14.7 Å². The molecule has 2 fully saturated rings. The molecule has 21 heavy (non-hydrogen) atoms. The molecule has 2 saturated carbocycles. The fraction of sp³-hybridized carbons (Fsp3) is 0.667. The number of carbonyl (C=O) groups excluding carboxylic acids is 1. The first-order valence-electron chi connectivity index (χ1n) is 7.45. The molecule has 0 bridgehead atoms. The van der Waals surface area contributed by atoms with Crippen LogP contribution >= 0.6 is 11.3 Å². The summed E-state index contributed by atoms with van der Waals surface area (Å²) in [5.74, 6) is -1.33. The molecule has 2 aliphatic rings. The highest BCUT2D eigenvalue weighted by molar-refractivity contribution is 7.09. The maximum Gasteiger partial charge on any atom is 0.319 e. The average molecular weight is 308 g/mol. The zero-order chi connectivity index (χ0) is 15.1. The summed E-state index contributed by atoms with van der Waals surface area (Å²) in [6.45, 7) is 2.36. The van der Waals surface area contributed by atoms with Gasteiger partial charge in [0.2, 0.25) is 5.91 Å². The highest BCUT2D eigenvalue weighted by Gasteiger charge is 2.64. The van der Waals surface area contributed by atoms with Gasteiger partial charge in [-0.1, -0.05) is 13.3 Å². The summed E-state index contributed by atoms with van der Waals surface area (Å²) in [7, 11) is 0. The predicted molar refractivity (Wildman–Crippen MR) is 78.9 cm³/mol. The Bertz CT molecular complexity index is 569. The maximum absolute atomic E-state index is 12.4. The van der Waals surface area contributed by atoms with Gasteiger partial charge in [-0.05, 0) is 37.5 Å². The highest BCUT2D eigenvalue weighted by atomic mass is 32.1. The second-order valence-electron chi connectivity index (χ2n) is 6.36. The molecule has 2 N–H and O–H groups in total. The molecule has 0 aliphatic heterocycles. The van der Waals surface area contributed by atoms with Crippen molar-refractivity contribution in [1.29, 1.82) is 0 Å². The third kappa shape index (κ3) is 2.35. The minimum Gasteiger partial charge on any atom is -0.480 e. The van der Waals surface area contributed by atoms with E-state index in [0.717, 1.165) is 36.4 Å². The van der Waals surface area contributed by atoms with Crippen molar-refractivity contribution in [2.75, 3.05) is 0 Å². The number of aryl methyl sites for hydroxylation is 1. The molecule has 1 aromatic heterocycles. The van der Waals surface area contributed by atoms with Gasteiger partial charge >= 0.3 is 5.97 Å². The van der Waals surface area contributed by atoms with Crippen molar-refractivity contribution in [3.05, 3.63) is 16.1 Å². The van der Waals surface area contributed by atoms with Crippen molar-refractivity contribution < 1.29 is 14.7 Å². The Kier molecular flexibility index (Phi) is 3.51. The molecular formula is C15H20N2O3S. The standard InChI is InChI=1S/C15H20N2O3S/c1-2-10-7-21-11(17-10)6-16-12(18)15(13(19)20)8-14(9-15)4-3-5-14/h7H,2-6,8-9H2,1H3,(H,16,18)(H,19,20). The first-order chi connectivity index (χ1) is 10.00. The summed E-state index contributed by atoms with van der Waals surface area (Å²) < 4.78 is 0. The molecule has 0 radical (unpaired) electrons.